The molecular weight excluding hydrogens is 408 g/mol. The van der Waals surface area contributed by atoms with Crippen LogP contribution < -0.4 is 10.2 Å². The molecule has 0 spiro atoms. The van der Waals surface area contributed by atoms with Crippen LogP contribution in [0, 0.1) is 17.0 Å². The Kier molecular flexibility index (Phi) is 6.64. The molecule has 1 saturated carbocycles. The summed E-state index contributed by atoms with van der Waals surface area (Å²) in [6.45, 7) is 6.94. The lowest BCUT2D eigenvalue weighted by atomic mass is 10.1. The van der Waals surface area contributed by atoms with E-state index in [0.29, 0.717) is 17.4 Å². The van der Waals surface area contributed by atoms with Crippen LogP contribution in [0.1, 0.15) is 38.3 Å². The van der Waals surface area contributed by atoms with Gasteiger partial charge in [0, 0.05) is 61.7 Å². The first-order chi connectivity index (χ1) is 15.4. The maximum Gasteiger partial charge on any atom is 0.270 e. The number of nitro benzene ring substituents is 1. The Hall–Kier alpha value is -3.07. The van der Waals surface area contributed by atoms with Crippen molar-refractivity contribution in [1.82, 2.24) is 20.2 Å². The van der Waals surface area contributed by atoms with E-state index >= 15 is 0 Å². The molecule has 1 saturated heterocycles. The number of nitro groups is 1. The summed E-state index contributed by atoms with van der Waals surface area (Å²) in [6, 6.07) is 8.52. The summed E-state index contributed by atoms with van der Waals surface area (Å²) in [5, 5.41) is 14.3. The number of non-ortho nitro benzene ring substituents is 1. The number of benzene rings is 1. The van der Waals surface area contributed by atoms with Crippen molar-refractivity contribution in [2.24, 2.45) is 0 Å². The summed E-state index contributed by atoms with van der Waals surface area (Å²) in [6.07, 6.45) is 4.59. The third-order valence-corrected chi connectivity index (χ3v) is 6.42. The molecule has 1 aliphatic carbocycles. The average Bonchev–Trinajstić information content (AvgIpc) is 3.31. The number of anilines is 1. The van der Waals surface area contributed by atoms with E-state index in [-0.39, 0.29) is 17.6 Å². The quantitative estimate of drug-likeness (QED) is 0.546. The van der Waals surface area contributed by atoms with Gasteiger partial charge in [0.05, 0.1) is 11.0 Å². The van der Waals surface area contributed by atoms with Crippen LogP contribution in [-0.4, -0.2) is 64.0 Å². The fourth-order valence-corrected chi connectivity index (χ4v) is 4.50. The number of amides is 1. The van der Waals surface area contributed by atoms with Gasteiger partial charge in [0.15, 0.2) is 5.82 Å². The zero-order valence-corrected chi connectivity index (χ0v) is 18.7. The molecule has 1 amide bonds. The molecule has 4 rings (SSSR count). The molecule has 1 atom stereocenters. The van der Waals surface area contributed by atoms with E-state index in [9.17, 15) is 14.9 Å². The number of aryl methyl sites for hydroxylation is 1. The molecule has 1 aromatic heterocycles. The number of aromatic nitrogens is 2. The Morgan fingerprint density at radius 2 is 1.88 bits per heavy atom. The second-order valence-electron chi connectivity index (χ2n) is 8.69. The molecule has 1 N–H and O–H groups in total. The summed E-state index contributed by atoms with van der Waals surface area (Å²) in [5.41, 5.74) is 1.45. The Balaban J connectivity index is 1.41. The van der Waals surface area contributed by atoms with Crippen molar-refractivity contribution in [3.8, 4) is 11.4 Å². The summed E-state index contributed by atoms with van der Waals surface area (Å²) in [7, 11) is 0. The first-order valence-electron chi connectivity index (χ1n) is 11.3. The Morgan fingerprint density at radius 3 is 2.56 bits per heavy atom. The van der Waals surface area contributed by atoms with Crippen molar-refractivity contribution in [3.63, 3.8) is 0 Å². The SMILES string of the molecule is Cc1cc(N2CCN(C(C)C(=O)NC3CCCC3)CC2)nc(-c2cccc([N+](=O)[O-])c2)n1. The smallest absolute Gasteiger partial charge is 0.270 e. The number of hydrogen-bond donors (Lipinski definition) is 1. The Labute approximate surface area is 188 Å². The molecule has 0 radical (unpaired) electrons. The molecule has 0 bridgehead atoms. The van der Waals surface area contributed by atoms with E-state index in [1.54, 1.807) is 12.1 Å². The molecule has 9 nitrogen and oxygen atoms in total. The largest absolute Gasteiger partial charge is 0.354 e. The van der Waals surface area contributed by atoms with Crippen LogP contribution in [0.2, 0.25) is 0 Å². The van der Waals surface area contributed by atoms with E-state index in [4.69, 9.17) is 4.98 Å². The zero-order chi connectivity index (χ0) is 22.7. The number of nitrogens with one attached hydrogen (secondary N) is 1. The van der Waals surface area contributed by atoms with E-state index < -0.39 is 4.92 Å². The molecular formula is C23H30N6O3. The first kappa shape index (κ1) is 22.1. The van der Waals surface area contributed by atoms with Crippen LogP contribution in [0.3, 0.4) is 0 Å². The predicted molar refractivity (Wildman–Crippen MR) is 123 cm³/mol. The minimum atomic E-state index is -0.413. The number of nitrogens with zero attached hydrogens (tertiary/aromatic N) is 5. The van der Waals surface area contributed by atoms with Crippen molar-refractivity contribution in [3.05, 3.63) is 46.1 Å². The van der Waals surface area contributed by atoms with Gasteiger partial charge in [-0.25, -0.2) is 9.97 Å². The molecule has 2 heterocycles. The van der Waals surface area contributed by atoms with Crippen LogP contribution in [0.15, 0.2) is 30.3 Å². The molecule has 2 aromatic rings. The van der Waals surface area contributed by atoms with Gasteiger partial charge in [-0.05, 0) is 26.7 Å². The summed E-state index contributed by atoms with van der Waals surface area (Å²) in [5.74, 6) is 1.41. The highest BCUT2D eigenvalue weighted by atomic mass is 16.6. The maximum absolute atomic E-state index is 12.6. The second kappa shape index (κ2) is 9.60. The lowest BCUT2D eigenvalue weighted by Gasteiger charge is -2.38. The van der Waals surface area contributed by atoms with Gasteiger partial charge in [-0.1, -0.05) is 25.0 Å². The number of carbonyl (C=O) groups is 1. The van der Waals surface area contributed by atoms with Gasteiger partial charge in [-0.15, -0.1) is 0 Å². The van der Waals surface area contributed by atoms with Gasteiger partial charge >= 0.3 is 0 Å². The molecule has 2 aliphatic rings. The summed E-state index contributed by atoms with van der Waals surface area (Å²) >= 11 is 0. The van der Waals surface area contributed by atoms with Crippen molar-refractivity contribution >= 4 is 17.4 Å². The minimum Gasteiger partial charge on any atom is -0.354 e. The van der Waals surface area contributed by atoms with Crippen LogP contribution in [-0.2, 0) is 4.79 Å². The van der Waals surface area contributed by atoms with Crippen LogP contribution in [0.4, 0.5) is 11.5 Å². The standard InChI is InChI=1S/C23H30N6O3/c1-16-14-21(26-22(24-16)18-6-5-9-20(15-18)29(31)32)28-12-10-27(11-13-28)17(2)23(30)25-19-7-3-4-8-19/h5-6,9,14-15,17,19H,3-4,7-8,10-13H2,1-2H3,(H,25,30). The normalized spacial score (nSPS) is 18.5. The van der Waals surface area contributed by atoms with Crippen molar-refractivity contribution in [2.75, 3.05) is 31.1 Å². The first-order valence-corrected chi connectivity index (χ1v) is 11.3. The molecule has 1 unspecified atom stereocenters. The number of hydrogen-bond acceptors (Lipinski definition) is 7. The Bertz CT molecular complexity index is 983. The molecule has 9 heteroatoms. The van der Waals surface area contributed by atoms with E-state index in [1.165, 1.54) is 25.0 Å². The average molecular weight is 439 g/mol. The lowest BCUT2D eigenvalue weighted by molar-refractivity contribution is -0.384. The molecule has 170 valence electrons. The predicted octanol–water partition coefficient (Wildman–Crippen LogP) is 2.93. The van der Waals surface area contributed by atoms with Crippen molar-refractivity contribution < 1.29 is 9.72 Å². The minimum absolute atomic E-state index is 0.0210. The summed E-state index contributed by atoms with van der Waals surface area (Å²) < 4.78 is 0. The van der Waals surface area contributed by atoms with Crippen molar-refractivity contribution in [2.45, 2.75) is 51.6 Å². The molecule has 1 aliphatic heterocycles. The van der Waals surface area contributed by atoms with Gasteiger partial charge < -0.3 is 10.2 Å². The van der Waals surface area contributed by atoms with Crippen LogP contribution in [0.25, 0.3) is 11.4 Å². The van der Waals surface area contributed by atoms with E-state index in [1.807, 2.05) is 19.9 Å². The van der Waals surface area contributed by atoms with Gasteiger partial charge in [0.2, 0.25) is 5.91 Å². The molecule has 2 fully saturated rings. The van der Waals surface area contributed by atoms with Gasteiger partial charge in [-0.3, -0.25) is 19.8 Å². The van der Waals surface area contributed by atoms with Crippen LogP contribution in [0.5, 0.6) is 0 Å². The highest BCUT2D eigenvalue weighted by molar-refractivity contribution is 5.81. The monoisotopic (exact) mass is 438 g/mol. The number of rotatable bonds is 6. The van der Waals surface area contributed by atoms with Crippen molar-refractivity contribution in [1.29, 1.82) is 0 Å². The highest BCUT2D eigenvalue weighted by Gasteiger charge is 2.28. The molecule has 32 heavy (non-hydrogen) atoms. The van der Waals surface area contributed by atoms with Gasteiger partial charge in [0.25, 0.3) is 5.69 Å². The second-order valence-corrected chi connectivity index (χ2v) is 8.69. The van der Waals surface area contributed by atoms with E-state index in [0.717, 1.165) is 50.5 Å². The lowest BCUT2D eigenvalue weighted by Crippen LogP contribution is -2.55. The fourth-order valence-electron chi connectivity index (χ4n) is 4.50. The number of piperazine rings is 1. The summed E-state index contributed by atoms with van der Waals surface area (Å²) in [4.78, 5) is 36.9. The fraction of sp³-hybridized carbons (Fsp3) is 0.522. The topological polar surface area (TPSA) is 104 Å². The third-order valence-electron chi connectivity index (χ3n) is 6.42. The highest BCUT2D eigenvalue weighted by Crippen LogP contribution is 2.25. The molecule has 1 aromatic carbocycles. The Morgan fingerprint density at radius 1 is 1.16 bits per heavy atom. The third kappa shape index (κ3) is 5.04. The van der Waals surface area contributed by atoms with Gasteiger partial charge in [-0.2, -0.15) is 0 Å². The zero-order valence-electron chi connectivity index (χ0n) is 18.7. The van der Waals surface area contributed by atoms with Gasteiger partial charge in [0.1, 0.15) is 5.82 Å². The van der Waals surface area contributed by atoms with Crippen LogP contribution >= 0.6 is 0 Å². The number of carbonyl (C=O) groups excluding carboxylic acids is 1. The van der Waals surface area contributed by atoms with E-state index in [2.05, 4.69) is 20.1 Å². The maximum atomic E-state index is 12.6.